The van der Waals surface area contributed by atoms with Crippen LogP contribution in [0.4, 0.5) is 0 Å². The zero-order chi connectivity index (χ0) is 13.0. The van der Waals surface area contributed by atoms with Crippen LogP contribution >= 0.6 is 23.4 Å². The molecule has 0 spiro atoms. The number of hydrogen-bond acceptors (Lipinski definition) is 3. The van der Waals surface area contributed by atoms with E-state index in [9.17, 15) is 4.79 Å². The van der Waals surface area contributed by atoms with E-state index < -0.39 is 0 Å². The van der Waals surface area contributed by atoms with E-state index in [1.54, 1.807) is 0 Å². The van der Waals surface area contributed by atoms with Crippen molar-refractivity contribution in [1.82, 2.24) is 5.06 Å². The van der Waals surface area contributed by atoms with Crippen molar-refractivity contribution in [3.8, 4) is 0 Å². The average molecular weight is 286 g/mol. The molecule has 1 amide bonds. The van der Waals surface area contributed by atoms with E-state index in [-0.39, 0.29) is 11.2 Å². The monoisotopic (exact) mass is 285 g/mol. The number of hydrogen-bond donors (Lipinski definition) is 0. The van der Waals surface area contributed by atoms with E-state index in [0.29, 0.717) is 18.2 Å². The number of nitrogens with zero attached hydrogens (tertiary/aromatic N) is 1. The highest BCUT2D eigenvalue weighted by atomic mass is 35.5. The Morgan fingerprint density at radius 3 is 2.72 bits per heavy atom. The summed E-state index contributed by atoms with van der Waals surface area (Å²) in [5.74, 6) is 0.0367. The molecule has 3 nitrogen and oxygen atoms in total. The van der Waals surface area contributed by atoms with Gasteiger partial charge in [-0.15, -0.1) is 11.8 Å². The molecule has 0 radical (unpaired) electrons. The van der Waals surface area contributed by atoms with Crippen LogP contribution in [0.2, 0.25) is 5.02 Å². The molecule has 2 rings (SSSR count). The fourth-order valence-electron chi connectivity index (χ4n) is 1.74. The van der Waals surface area contributed by atoms with Gasteiger partial charge in [0.05, 0.1) is 11.9 Å². The minimum absolute atomic E-state index is 0.0367. The summed E-state index contributed by atoms with van der Waals surface area (Å²) < 4.78 is 0. The Morgan fingerprint density at radius 2 is 2.11 bits per heavy atom. The molecule has 1 fully saturated rings. The molecule has 1 atom stereocenters. The molecule has 1 aliphatic rings. The lowest BCUT2D eigenvalue weighted by Crippen LogP contribution is -2.40. The number of rotatable bonds is 3. The third-order valence-corrected chi connectivity index (χ3v) is 4.07. The van der Waals surface area contributed by atoms with E-state index in [1.807, 2.05) is 31.2 Å². The van der Waals surface area contributed by atoms with Crippen LogP contribution in [-0.2, 0) is 9.63 Å². The quantitative estimate of drug-likeness (QED) is 0.798. The van der Waals surface area contributed by atoms with Gasteiger partial charge in [-0.3, -0.25) is 9.63 Å². The van der Waals surface area contributed by atoms with Crippen molar-refractivity contribution in [1.29, 1.82) is 0 Å². The Balaban J connectivity index is 1.92. The van der Waals surface area contributed by atoms with E-state index in [4.69, 9.17) is 16.4 Å². The van der Waals surface area contributed by atoms with Crippen molar-refractivity contribution in [2.75, 3.05) is 13.2 Å². The summed E-state index contributed by atoms with van der Waals surface area (Å²) in [5, 5.41) is 2.05. The highest BCUT2D eigenvalue weighted by Gasteiger charge is 2.23. The molecule has 1 aliphatic heterocycles. The summed E-state index contributed by atoms with van der Waals surface area (Å²) in [6.07, 6.45) is 2.05. The second-order valence-corrected chi connectivity index (χ2v) is 6.05. The second kappa shape index (κ2) is 6.45. The summed E-state index contributed by atoms with van der Waals surface area (Å²) in [6, 6.07) is 7.51. The van der Waals surface area contributed by atoms with Gasteiger partial charge in [-0.2, -0.15) is 0 Å². The van der Waals surface area contributed by atoms with E-state index >= 15 is 0 Å². The van der Waals surface area contributed by atoms with Gasteiger partial charge in [0.1, 0.15) is 0 Å². The zero-order valence-electron chi connectivity index (χ0n) is 10.3. The van der Waals surface area contributed by atoms with Crippen LogP contribution in [0.25, 0.3) is 0 Å². The minimum Gasteiger partial charge on any atom is -0.271 e. The summed E-state index contributed by atoms with van der Waals surface area (Å²) in [7, 11) is 0. The van der Waals surface area contributed by atoms with Gasteiger partial charge in [0, 0.05) is 16.5 Å². The normalized spacial score (nSPS) is 17.6. The van der Waals surface area contributed by atoms with Crippen LogP contribution in [0, 0.1) is 0 Å². The Bertz CT molecular complexity index is 404. The van der Waals surface area contributed by atoms with Crippen LogP contribution in [0.15, 0.2) is 29.2 Å². The molecule has 18 heavy (non-hydrogen) atoms. The molecule has 0 aliphatic carbocycles. The standard InChI is InChI=1S/C13H16ClNO2S/c1-10(13(16)15-8-2-3-9-17-15)18-12-6-4-11(14)5-7-12/h4-7,10H,2-3,8-9H2,1H3. The fourth-order valence-corrected chi connectivity index (χ4v) is 2.79. The van der Waals surface area contributed by atoms with Crippen LogP contribution in [-0.4, -0.2) is 29.4 Å². The molecule has 0 aromatic heterocycles. The molecule has 98 valence electrons. The predicted octanol–water partition coefficient (Wildman–Crippen LogP) is 3.37. The molecule has 1 aromatic carbocycles. The first-order valence-electron chi connectivity index (χ1n) is 6.03. The zero-order valence-corrected chi connectivity index (χ0v) is 11.8. The first kappa shape index (κ1) is 13.7. The minimum atomic E-state index is -0.149. The fraction of sp³-hybridized carbons (Fsp3) is 0.462. The Kier molecular flexibility index (Phi) is 4.92. The van der Waals surface area contributed by atoms with Crippen molar-refractivity contribution in [3.63, 3.8) is 0 Å². The summed E-state index contributed by atoms with van der Waals surface area (Å²) in [5.41, 5.74) is 0. The second-order valence-electron chi connectivity index (χ2n) is 4.19. The van der Waals surface area contributed by atoms with Gasteiger partial charge < -0.3 is 0 Å². The van der Waals surface area contributed by atoms with Crippen molar-refractivity contribution in [2.24, 2.45) is 0 Å². The summed E-state index contributed by atoms with van der Waals surface area (Å²) in [4.78, 5) is 18.5. The number of benzene rings is 1. The third-order valence-electron chi connectivity index (χ3n) is 2.72. The van der Waals surface area contributed by atoms with Gasteiger partial charge in [-0.25, -0.2) is 5.06 Å². The van der Waals surface area contributed by atoms with Gasteiger partial charge >= 0.3 is 0 Å². The maximum absolute atomic E-state index is 12.1. The lowest BCUT2D eigenvalue weighted by Gasteiger charge is -2.28. The molecular weight excluding hydrogens is 270 g/mol. The van der Waals surface area contributed by atoms with Gasteiger partial charge in [0.2, 0.25) is 0 Å². The average Bonchev–Trinajstić information content (AvgIpc) is 2.41. The summed E-state index contributed by atoms with van der Waals surface area (Å²) >= 11 is 7.35. The number of amides is 1. The van der Waals surface area contributed by atoms with Gasteiger partial charge in [-0.1, -0.05) is 11.6 Å². The molecule has 1 saturated heterocycles. The lowest BCUT2D eigenvalue weighted by molar-refractivity contribution is -0.196. The van der Waals surface area contributed by atoms with E-state index in [2.05, 4.69) is 0 Å². The summed E-state index contributed by atoms with van der Waals surface area (Å²) in [6.45, 7) is 3.24. The van der Waals surface area contributed by atoms with Gasteiger partial charge in [0.25, 0.3) is 5.91 Å². The molecule has 0 N–H and O–H groups in total. The SMILES string of the molecule is CC(Sc1ccc(Cl)cc1)C(=O)N1CCCCO1. The first-order valence-corrected chi connectivity index (χ1v) is 7.29. The maximum atomic E-state index is 12.1. The van der Waals surface area contributed by atoms with Crippen LogP contribution in [0.3, 0.4) is 0 Å². The molecular formula is C13H16ClNO2S. The molecule has 0 bridgehead atoms. The largest absolute Gasteiger partial charge is 0.271 e. The van der Waals surface area contributed by atoms with Crippen molar-refractivity contribution >= 4 is 29.3 Å². The van der Waals surface area contributed by atoms with Gasteiger partial charge in [0.15, 0.2) is 0 Å². The molecule has 1 unspecified atom stereocenters. The Hall–Kier alpha value is -0.710. The van der Waals surface area contributed by atoms with Gasteiger partial charge in [-0.05, 0) is 44.0 Å². The number of halogens is 1. The molecule has 1 aromatic rings. The van der Waals surface area contributed by atoms with E-state index in [0.717, 1.165) is 17.7 Å². The van der Waals surface area contributed by atoms with Crippen LogP contribution < -0.4 is 0 Å². The topological polar surface area (TPSA) is 29.5 Å². The highest BCUT2D eigenvalue weighted by Crippen LogP contribution is 2.26. The van der Waals surface area contributed by atoms with Crippen molar-refractivity contribution < 1.29 is 9.63 Å². The van der Waals surface area contributed by atoms with E-state index in [1.165, 1.54) is 16.8 Å². The smallest absolute Gasteiger partial charge is 0.259 e. The molecule has 1 heterocycles. The lowest BCUT2D eigenvalue weighted by atomic mass is 10.3. The Morgan fingerprint density at radius 1 is 1.39 bits per heavy atom. The number of thioether (sulfide) groups is 1. The van der Waals surface area contributed by atoms with Crippen LogP contribution in [0.5, 0.6) is 0 Å². The predicted molar refractivity (Wildman–Crippen MR) is 73.7 cm³/mol. The number of carbonyl (C=O) groups is 1. The number of hydroxylamine groups is 2. The Labute approximate surface area is 116 Å². The molecule has 5 heteroatoms. The molecule has 0 saturated carbocycles. The van der Waals surface area contributed by atoms with Crippen LogP contribution in [0.1, 0.15) is 19.8 Å². The van der Waals surface area contributed by atoms with Crippen molar-refractivity contribution in [2.45, 2.75) is 29.9 Å². The highest BCUT2D eigenvalue weighted by molar-refractivity contribution is 8.00. The first-order chi connectivity index (χ1) is 8.66. The maximum Gasteiger partial charge on any atom is 0.259 e. The third kappa shape index (κ3) is 3.64. The van der Waals surface area contributed by atoms with Crippen molar-refractivity contribution in [3.05, 3.63) is 29.3 Å². The number of carbonyl (C=O) groups excluding carboxylic acids is 1.